The summed E-state index contributed by atoms with van der Waals surface area (Å²) in [6.45, 7) is 6.73. The molecule has 2 aliphatic rings. The summed E-state index contributed by atoms with van der Waals surface area (Å²) in [5.41, 5.74) is 0.290. The summed E-state index contributed by atoms with van der Waals surface area (Å²) in [7, 11) is 0. The number of aliphatic carboxylic acids is 1. The molecule has 1 aliphatic heterocycles. The van der Waals surface area contributed by atoms with E-state index in [2.05, 4.69) is 25.8 Å². The van der Waals surface area contributed by atoms with Crippen molar-refractivity contribution in [2.24, 2.45) is 11.8 Å². The predicted octanol–water partition coefficient (Wildman–Crippen LogP) is 2.77. The normalized spacial score (nSPS) is 28.0. The molecule has 0 spiro atoms. The number of carbonyl (C=O) groups is 2. The van der Waals surface area contributed by atoms with Crippen molar-refractivity contribution in [1.82, 2.24) is 9.88 Å². The smallest absolute Gasteiger partial charge is 0.326 e. The van der Waals surface area contributed by atoms with Gasteiger partial charge in [-0.25, -0.2) is 9.78 Å². The van der Waals surface area contributed by atoms with E-state index >= 15 is 0 Å². The summed E-state index contributed by atoms with van der Waals surface area (Å²) in [6.07, 6.45) is 3.02. The van der Waals surface area contributed by atoms with E-state index < -0.39 is 12.0 Å². The zero-order valence-electron chi connectivity index (χ0n) is 13.2. The number of likely N-dealkylation sites (tertiary alicyclic amines) is 1. The quantitative estimate of drug-likeness (QED) is 0.909. The van der Waals surface area contributed by atoms with Gasteiger partial charge in [-0.05, 0) is 24.7 Å². The van der Waals surface area contributed by atoms with E-state index in [0.717, 1.165) is 24.3 Å². The number of fused-ring (bicyclic) bond motifs is 1. The van der Waals surface area contributed by atoms with Crippen LogP contribution in [0, 0.1) is 11.8 Å². The van der Waals surface area contributed by atoms with Crippen LogP contribution in [0.3, 0.4) is 0 Å². The molecule has 1 aliphatic carbocycles. The third-order valence-electron chi connectivity index (χ3n) is 4.77. The zero-order valence-corrected chi connectivity index (χ0v) is 14.0. The highest BCUT2D eigenvalue weighted by molar-refractivity contribution is 7.10. The minimum atomic E-state index is -0.881. The van der Waals surface area contributed by atoms with Crippen LogP contribution in [0.25, 0.3) is 0 Å². The van der Waals surface area contributed by atoms with Gasteiger partial charge in [-0.2, -0.15) is 0 Å². The molecule has 120 valence electrons. The molecule has 0 aromatic carbocycles. The lowest BCUT2D eigenvalue weighted by molar-refractivity contribution is -0.142. The van der Waals surface area contributed by atoms with Crippen LogP contribution in [-0.4, -0.2) is 39.5 Å². The fraction of sp³-hybridized carbons (Fsp3) is 0.688. The van der Waals surface area contributed by atoms with Crippen LogP contribution in [0.5, 0.6) is 0 Å². The van der Waals surface area contributed by atoms with E-state index in [9.17, 15) is 14.7 Å². The number of thiazole rings is 1. The molecule has 1 aromatic rings. The number of carboxylic acid groups (broad SMARTS) is 1. The number of carboxylic acids is 1. The Labute approximate surface area is 134 Å². The molecule has 0 bridgehead atoms. The van der Waals surface area contributed by atoms with Crippen molar-refractivity contribution < 1.29 is 14.7 Å². The first-order valence-corrected chi connectivity index (χ1v) is 8.67. The molecule has 1 saturated carbocycles. The largest absolute Gasteiger partial charge is 0.480 e. The van der Waals surface area contributed by atoms with Crippen LogP contribution in [0.4, 0.5) is 0 Å². The third kappa shape index (κ3) is 2.53. The first-order chi connectivity index (χ1) is 10.3. The fourth-order valence-corrected chi connectivity index (χ4v) is 4.58. The molecule has 3 atom stereocenters. The topological polar surface area (TPSA) is 70.5 Å². The number of aromatic nitrogens is 1. The van der Waals surface area contributed by atoms with E-state index in [1.165, 1.54) is 11.3 Å². The molecule has 1 N–H and O–H groups in total. The van der Waals surface area contributed by atoms with Crippen molar-refractivity contribution in [2.75, 3.05) is 6.54 Å². The van der Waals surface area contributed by atoms with Gasteiger partial charge >= 0.3 is 5.97 Å². The second kappa shape index (κ2) is 5.33. The molecule has 2 fully saturated rings. The molecular weight excluding hydrogens is 300 g/mol. The molecule has 3 unspecified atom stereocenters. The SMILES string of the molecule is CC(C)(C)c1nc(C(=O)N2CC3CCCC3C2C(=O)O)cs1. The lowest BCUT2D eigenvalue weighted by Crippen LogP contribution is -2.43. The summed E-state index contributed by atoms with van der Waals surface area (Å²) in [5.74, 6) is -0.657. The summed E-state index contributed by atoms with van der Waals surface area (Å²) in [4.78, 5) is 30.4. The summed E-state index contributed by atoms with van der Waals surface area (Å²) in [6, 6.07) is -0.681. The first-order valence-electron chi connectivity index (χ1n) is 7.79. The Hall–Kier alpha value is -1.43. The van der Waals surface area contributed by atoms with E-state index in [1.54, 1.807) is 10.3 Å². The Bertz CT molecular complexity index is 605. The van der Waals surface area contributed by atoms with Crippen LogP contribution >= 0.6 is 11.3 Å². The van der Waals surface area contributed by atoms with Crippen LogP contribution in [-0.2, 0) is 10.2 Å². The van der Waals surface area contributed by atoms with Gasteiger partial charge in [0.2, 0.25) is 0 Å². The first kappa shape index (κ1) is 15.5. The third-order valence-corrected chi connectivity index (χ3v) is 6.04. The highest BCUT2D eigenvalue weighted by Gasteiger charge is 2.50. The molecule has 1 amide bonds. The van der Waals surface area contributed by atoms with Crippen molar-refractivity contribution in [3.63, 3.8) is 0 Å². The second-order valence-electron chi connectivity index (χ2n) is 7.38. The Balaban J connectivity index is 1.85. The fourth-order valence-electron chi connectivity index (χ4n) is 3.69. The van der Waals surface area contributed by atoms with Crippen molar-refractivity contribution in [3.05, 3.63) is 16.1 Å². The monoisotopic (exact) mass is 322 g/mol. The molecule has 0 radical (unpaired) electrons. The zero-order chi connectivity index (χ0) is 16.1. The summed E-state index contributed by atoms with van der Waals surface area (Å²) < 4.78 is 0. The van der Waals surface area contributed by atoms with Gasteiger partial charge in [-0.15, -0.1) is 11.3 Å². The van der Waals surface area contributed by atoms with Crippen LogP contribution in [0.15, 0.2) is 5.38 Å². The van der Waals surface area contributed by atoms with Gasteiger partial charge in [0, 0.05) is 17.3 Å². The molecule has 6 heteroatoms. The predicted molar refractivity (Wildman–Crippen MR) is 84.1 cm³/mol. The average Bonchev–Trinajstić information content (AvgIpc) is 3.11. The molecule has 1 saturated heterocycles. The average molecular weight is 322 g/mol. The van der Waals surface area contributed by atoms with Crippen molar-refractivity contribution in [3.8, 4) is 0 Å². The van der Waals surface area contributed by atoms with Gasteiger partial charge in [0.15, 0.2) is 0 Å². The van der Waals surface area contributed by atoms with Gasteiger partial charge in [0.05, 0.1) is 5.01 Å². The maximum absolute atomic E-state index is 12.7. The molecular formula is C16H22N2O3S. The molecule has 2 heterocycles. The van der Waals surface area contributed by atoms with E-state index in [0.29, 0.717) is 18.2 Å². The Morgan fingerprint density at radius 1 is 1.36 bits per heavy atom. The number of carbonyl (C=O) groups excluding carboxylic acids is 1. The standard InChI is InChI=1S/C16H22N2O3S/c1-16(2,3)15-17-11(8-22-15)13(19)18-7-9-5-4-6-10(9)12(18)14(20)21/h8-10,12H,4-7H2,1-3H3,(H,20,21). The summed E-state index contributed by atoms with van der Waals surface area (Å²) >= 11 is 1.47. The van der Waals surface area contributed by atoms with Gasteiger partial charge in [0.1, 0.15) is 11.7 Å². The molecule has 1 aromatic heterocycles. The van der Waals surface area contributed by atoms with Gasteiger partial charge in [0.25, 0.3) is 5.91 Å². The van der Waals surface area contributed by atoms with Crippen LogP contribution in [0.2, 0.25) is 0 Å². The van der Waals surface area contributed by atoms with Crippen LogP contribution < -0.4 is 0 Å². The lowest BCUT2D eigenvalue weighted by Gasteiger charge is -2.23. The number of amides is 1. The molecule has 5 nitrogen and oxygen atoms in total. The van der Waals surface area contributed by atoms with E-state index in [1.807, 2.05) is 0 Å². The van der Waals surface area contributed by atoms with Gasteiger partial charge in [-0.3, -0.25) is 4.79 Å². The molecule has 3 rings (SSSR count). The maximum atomic E-state index is 12.7. The van der Waals surface area contributed by atoms with Crippen molar-refractivity contribution in [2.45, 2.75) is 51.5 Å². The van der Waals surface area contributed by atoms with E-state index in [-0.39, 0.29) is 17.2 Å². The van der Waals surface area contributed by atoms with Crippen molar-refractivity contribution >= 4 is 23.2 Å². The van der Waals surface area contributed by atoms with Crippen molar-refractivity contribution in [1.29, 1.82) is 0 Å². The highest BCUT2D eigenvalue weighted by atomic mass is 32.1. The second-order valence-corrected chi connectivity index (χ2v) is 8.24. The molecule has 22 heavy (non-hydrogen) atoms. The number of hydrogen-bond donors (Lipinski definition) is 1. The minimum absolute atomic E-state index is 0.100. The Kier molecular flexibility index (Phi) is 3.75. The number of rotatable bonds is 2. The minimum Gasteiger partial charge on any atom is -0.480 e. The highest BCUT2D eigenvalue weighted by Crippen LogP contribution is 2.42. The summed E-state index contributed by atoms with van der Waals surface area (Å²) in [5, 5.41) is 12.2. The van der Waals surface area contributed by atoms with Gasteiger partial charge in [-0.1, -0.05) is 27.2 Å². The Morgan fingerprint density at radius 3 is 2.68 bits per heavy atom. The Morgan fingerprint density at radius 2 is 2.09 bits per heavy atom. The number of hydrogen-bond acceptors (Lipinski definition) is 4. The number of nitrogens with zero attached hydrogens (tertiary/aromatic N) is 2. The maximum Gasteiger partial charge on any atom is 0.326 e. The van der Waals surface area contributed by atoms with Gasteiger partial charge < -0.3 is 10.0 Å². The van der Waals surface area contributed by atoms with E-state index in [4.69, 9.17) is 0 Å². The van der Waals surface area contributed by atoms with Crippen LogP contribution in [0.1, 0.15) is 55.5 Å². The lowest BCUT2D eigenvalue weighted by atomic mass is 9.94.